The van der Waals surface area contributed by atoms with Crippen LogP contribution < -0.4 is 14.2 Å². The number of aryl methyl sites for hydroxylation is 1. The molecule has 0 fully saturated rings. The normalized spacial score (nSPS) is 10.6. The highest BCUT2D eigenvalue weighted by atomic mass is 32.2. The first-order valence-electron chi connectivity index (χ1n) is 7.93. The van der Waals surface area contributed by atoms with Crippen molar-refractivity contribution in [3.63, 3.8) is 0 Å². The lowest BCUT2D eigenvalue weighted by molar-refractivity contribution is -0.137. The van der Waals surface area contributed by atoms with Crippen LogP contribution in [0.3, 0.4) is 0 Å². The highest BCUT2D eigenvalue weighted by molar-refractivity contribution is 8.00. The molecule has 0 aromatic heterocycles. The number of halogens is 3. The summed E-state index contributed by atoms with van der Waals surface area (Å²) in [5.74, 6) is 0.865. The van der Waals surface area contributed by atoms with Gasteiger partial charge in [0.1, 0.15) is 5.75 Å². The number of hydrogen-bond acceptors (Lipinski definition) is 5. The van der Waals surface area contributed by atoms with Crippen molar-refractivity contribution < 1.29 is 17.9 Å². The van der Waals surface area contributed by atoms with Crippen molar-refractivity contribution in [1.29, 1.82) is 0 Å². The van der Waals surface area contributed by atoms with E-state index in [4.69, 9.17) is 4.74 Å². The van der Waals surface area contributed by atoms with Crippen LogP contribution in [-0.4, -0.2) is 12.5 Å². The Balaban J connectivity index is 0.00000163. The molecule has 2 rings (SSSR count). The largest absolute Gasteiger partial charge is 0.453 e. The van der Waals surface area contributed by atoms with Crippen LogP contribution in [0.5, 0.6) is 11.5 Å². The molecule has 0 atom stereocenters. The van der Waals surface area contributed by atoms with Crippen molar-refractivity contribution in [3.05, 3.63) is 47.5 Å². The van der Waals surface area contributed by atoms with Gasteiger partial charge in [0, 0.05) is 12.5 Å². The average molecular weight is 405 g/mol. The predicted molar refractivity (Wildman–Crippen MR) is 108 cm³/mol. The maximum Gasteiger partial charge on any atom is 0.416 e. The van der Waals surface area contributed by atoms with Gasteiger partial charge < -0.3 is 14.2 Å². The quantitative estimate of drug-likeness (QED) is 0.497. The third kappa shape index (κ3) is 6.25. The molecule has 0 aliphatic rings. The first-order valence-corrected chi connectivity index (χ1v) is 10.4. The van der Waals surface area contributed by atoms with Crippen molar-refractivity contribution in [1.82, 2.24) is 0 Å². The Kier molecular flexibility index (Phi) is 9.01. The van der Waals surface area contributed by atoms with E-state index in [1.54, 1.807) is 24.6 Å². The molecule has 0 amide bonds. The van der Waals surface area contributed by atoms with Crippen molar-refractivity contribution in [2.75, 3.05) is 22.0 Å². The fourth-order valence-corrected chi connectivity index (χ4v) is 2.74. The maximum atomic E-state index is 13.1. The smallest absolute Gasteiger partial charge is 0.416 e. The molecule has 0 saturated heterocycles. The molecular weight excluding hydrogens is 381 g/mol. The SMILES string of the molecule is CC.CSNc1cc(C(F)(F)F)cc(NSC)c1Oc1ccc(C)cc1. The van der Waals surface area contributed by atoms with Crippen LogP contribution in [0.1, 0.15) is 25.0 Å². The Morgan fingerprint density at radius 2 is 1.35 bits per heavy atom. The third-order valence-electron chi connectivity index (χ3n) is 3.08. The summed E-state index contributed by atoms with van der Waals surface area (Å²) in [7, 11) is 0. The summed E-state index contributed by atoms with van der Waals surface area (Å²) in [4.78, 5) is 0. The number of hydrogen-bond donors (Lipinski definition) is 2. The molecule has 0 aliphatic heterocycles. The minimum atomic E-state index is -4.44. The molecule has 0 unspecified atom stereocenters. The van der Waals surface area contributed by atoms with E-state index in [0.717, 1.165) is 17.7 Å². The fraction of sp³-hybridized carbons (Fsp3) is 0.333. The lowest BCUT2D eigenvalue weighted by Crippen LogP contribution is -2.07. The molecule has 144 valence electrons. The number of nitrogens with one attached hydrogen (secondary N) is 2. The van der Waals surface area contributed by atoms with Gasteiger partial charge in [-0.05, 0) is 31.2 Å². The summed E-state index contributed by atoms with van der Waals surface area (Å²) in [5, 5.41) is 0. The van der Waals surface area contributed by atoms with Crippen molar-refractivity contribution >= 4 is 35.3 Å². The predicted octanol–water partition coefficient (Wildman–Crippen LogP) is 7.21. The monoisotopic (exact) mass is 404 g/mol. The van der Waals surface area contributed by atoms with Crippen molar-refractivity contribution in [2.24, 2.45) is 0 Å². The van der Waals surface area contributed by atoms with E-state index >= 15 is 0 Å². The summed E-state index contributed by atoms with van der Waals surface area (Å²) in [6.45, 7) is 5.95. The van der Waals surface area contributed by atoms with E-state index in [2.05, 4.69) is 9.44 Å². The Hall–Kier alpha value is -1.67. The molecule has 2 aromatic rings. The molecule has 0 saturated carbocycles. The number of anilines is 2. The van der Waals surface area contributed by atoms with E-state index in [1.807, 2.05) is 32.9 Å². The van der Waals surface area contributed by atoms with E-state index in [-0.39, 0.29) is 11.4 Å². The molecular formula is C18H23F3N2OS2. The minimum absolute atomic E-state index is 0.259. The van der Waals surface area contributed by atoms with Gasteiger partial charge in [-0.2, -0.15) is 13.2 Å². The van der Waals surface area contributed by atoms with Crippen LogP contribution in [0.4, 0.5) is 24.5 Å². The summed E-state index contributed by atoms with van der Waals surface area (Å²) in [6, 6.07) is 9.40. The summed E-state index contributed by atoms with van der Waals surface area (Å²) >= 11 is 2.39. The van der Waals surface area contributed by atoms with Gasteiger partial charge in [-0.1, -0.05) is 55.4 Å². The van der Waals surface area contributed by atoms with Crippen LogP contribution in [0, 0.1) is 6.92 Å². The average Bonchev–Trinajstić information content (AvgIpc) is 2.60. The van der Waals surface area contributed by atoms with Crippen LogP contribution in [0.15, 0.2) is 36.4 Å². The number of alkyl halides is 3. The number of rotatable bonds is 6. The van der Waals surface area contributed by atoms with Gasteiger partial charge in [-0.15, -0.1) is 0 Å². The summed E-state index contributed by atoms with van der Waals surface area (Å²) in [6.07, 6.45) is -0.971. The standard InChI is InChI=1S/C16H17F3N2OS2.C2H6/c1-10-4-6-12(7-5-10)22-15-13(20-23-2)8-11(16(17,18)19)9-14(15)21-24-3;1-2/h4-9,20-21H,1-3H3;1-2H3. The van der Waals surface area contributed by atoms with Crippen molar-refractivity contribution in [2.45, 2.75) is 26.9 Å². The molecule has 0 spiro atoms. The van der Waals surface area contributed by atoms with E-state index in [9.17, 15) is 13.2 Å². The van der Waals surface area contributed by atoms with Crippen LogP contribution >= 0.6 is 23.9 Å². The minimum Gasteiger partial charge on any atom is -0.453 e. The molecule has 26 heavy (non-hydrogen) atoms. The zero-order valence-corrected chi connectivity index (χ0v) is 17.0. The first kappa shape index (κ1) is 22.4. The van der Waals surface area contributed by atoms with Gasteiger partial charge in [-0.25, -0.2) is 0 Å². The van der Waals surface area contributed by atoms with Gasteiger partial charge in [0.25, 0.3) is 0 Å². The van der Waals surface area contributed by atoms with E-state index in [1.165, 1.54) is 23.9 Å². The molecule has 8 heteroatoms. The van der Waals surface area contributed by atoms with Gasteiger partial charge in [-0.3, -0.25) is 0 Å². The Labute approximate surface area is 161 Å². The highest BCUT2D eigenvalue weighted by Gasteiger charge is 2.32. The second-order valence-electron chi connectivity index (χ2n) is 4.93. The Morgan fingerprint density at radius 3 is 1.73 bits per heavy atom. The number of benzene rings is 2. The lowest BCUT2D eigenvalue weighted by Gasteiger charge is -2.19. The lowest BCUT2D eigenvalue weighted by atomic mass is 10.1. The fourth-order valence-electron chi connectivity index (χ4n) is 2.00. The molecule has 0 heterocycles. The van der Waals surface area contributed by atoms with Crippen molar-refractivity contribution in [3.8, 4) is 11.5 Å². The van der Waals surface area contributed by atoms with Gasteiger partial charge in [0.15, 0.2) is 5.75 Å². The zero-order chi connectivity index (χ0) is 19.7. The highest BCUT2D eigenvalue weighted by Crippen LogP contribution is 2.43. The Morgan fingerprint density at radius 1 is 0.885 bits per heavy atom. The molecule has 2 aromatic carbocycles. The van der Waals surface area contributed by atoms with Gasteiger partial charge in [0.05, 0.1) is 16.9 Å². The van der Waals surface area contributed by atoms with E-state index in [0.29, 0.717) is 11.5 Å². The molecule has 2 N–H and O–H groups in total. The molecule has 0 radical (unpaired) electrons. The zero-order valence-electron chi connectivity index (χ0n) is 15.3. The molecule has 3 nitrogen and oxygen atoms in total. The van der Waals surface area contributed by atoms with E-state index < -0.39 is 11.7 Å². The molecule has 0 aliphatic carbocycles. The summed E-state index contributed by atoms with van der Waals surface area (Å²) in [5.41, 5.74) is 0.843. The van der Waals surface area contributed by atoms with Gasteiger partial charge in [0.2, 0.25) is 0 Å². The maximum absolute atomic E-state index is 13.1. The van der Waals surface area contributed by atoms with Crippen LogP contribution in [0.25, 0.3) is 0 Å². The third-order valence-corrected chi connectivity index (χ3v) is 3.93. The second-order valence-corrected chi connectivity index (χ2v) is 6.15. The molecule has 0 bridgehead atoms. The van der Waals surface area contributed by atoms with Gasteiger partial charge >= 0.3 is 6.18 Å². The second kappa shape index (κ2) is 10.5. The first-order chi connectivity index (χ1) is 12.3. The van der Waals surface area contributed by atoms with Crippen LogP contribution in [0.2, 0.25) is 0 Å². The topological polar surface area (TPSA) is 33.3 Å². The Bertz CT molecular complexity index is 665. The summed E-state index contributed by atoms with van der Waals surface area (Å²) < 4.78 is 50.9. The number of ether oxygens (including phenoxy) is 1. The van der Waals surface area contributed by atoms with Crippen LogP contribution in [-0.2, 0) is 6.18 Å².